The molecule has 0 atom stereocenters. The van der Waals surface area contributed by atoms with Gasteiger partial charge in [0.15, 0.2) is 11.5 Å². The largest absolute Gasteiger partial charge is 0.479 e. The molecule has 0 fully saturated rings. The number of rotatable bonds is 9. The number of ether oxygens (including phenoxy) is 1. The summed E-state index contributed by atoms with van der Waals surface area (Å²) in [4.78, 5) is 26.7. The zero-order chi connectivity index (χ0) is 19.9. The van der Waals surface area contributed by atoms with Gasteiger partial charge in [0.2, 0.25) is 0 Å². The third-order valence-electron chi connectivity index (χ3n) is 4.00. The van der Waals surface area contributed by atoms with Crippen LogP contribution in [0.4, 0.5) is 5.69 Å². The molecule has 0 aliphatic rings. The molecule has 28 heavy (non-hydrogen) atoms. The number of hydrogen-bond acceptors (Lipinski definition) is 6. The predicted molar refractivity (Wildman–Crippen MR) is 100 cm³/mol. The van der Waals surface area contributed by atoms with Gasteiger partial charge in [0.1, 0.15) is 12.4 Å². The van der Waals surface area contributed by atoms with E-state index in [1.54, 1.807) is 43.7 Å². The summed E-state index contributed by atoms with van der Waals surface area (Å²) in [6.07, 6.45) is 6.05. The van der Waals surface area contributed by atoms with E-state index in [0.717, 1.165) is 18.5 Å². The summed E-state index contributed by atoms with van der Waals surface area (Å²) in [5.41, 5.74) is 0.659. The second-order valence-electron chi connectivity index (χ2n) is 6.19. The van der Waals surface area contributed by atoms with E-state index in [0.29, 0.717) is 12.3 Å². The highest BCUT2D eigenvalue weighted by atomic mass is 16.6. The number of nitrogens with zero attached hydrogens (tertiary/aromatic N) is 3. The molecule has 146 valence electrons. The second-order valence-corrected chi connectivity index (χ2v) is 6.19. The molecule has 1 N–H and O–H groups in total. The number of aryl methyl sites for hydroxylation is 2. The monoisotopic (exact) mass is 384 g/mol. The highest BCUT2D eigenvalue weighted by Crippen LogP contribution is 2.28. The lowest BCUT2D eigenvalue weighted by Crippen LogP contribution is -2.24. The van der Waals surface area contributed by atoms with Crippen molar-refractivity contribution in [2.45, 2.75) is 26.5 Å². The molecule has 3 rings (SSSR count). The van der Waals surface area contributed by atoms with Crippen molar-refractivity contribution in [3.05, 3.63) is 76.3 Å². The van der Waals surface area contributed by atoms with Crippen LogP contribution in [0.3, 0.4) is 0 Å². The minimum absolute atomic E-state index is 0.0161. The Morgan fingerprint density at radius 3 is 2.96 bits per heavy atom. The first-order valence-corrected chi connectivity index (χ1v) is 8.73. The number of imidazole rings is 1. The molecule has 9 nitrogen and oxygen atoms in total. The van der Waals surface area contributed by atoms with Crippen LogP contribution in [-0.2, 0) is 13.2 Å². The van der Waals surface area contributed by atoms with E-state index in [4.69, 9.17) is 9.15 Å². The van der Waals surface area contributed by atoms with Gasteiger partial charge >= 0.3 is 5.69 Å². The lowest BCUT2D eigenvalue weighted by atomic mass is 10.2. The van der Waals surface area contributed by atoms with Crippen molar-refractivity contribution in [2.75, 3.05) is 6.54 Å². The number of carbonyl (C=O) groups is 1. The summed E-state index contributed by atoms with van der Waals surface area (Å²) in [6, 6.07) is 7.88. The average molecular weight is 384 g/mol. The van der Waals surface area contributed by atoms with Gasteiger partial charge in [0.25, 0.3) is 5.91 Å². The number of benzene rings is 1. The number of aromatic nitrogens is 2. The molecule has 3 aromatic rings. The van der Waals surface area contributed by atoms with Gasteiger partial charge in [-0.05, 0) is 37.1 Å². The number of amides is 1. The van der Waals surface area contributed by atoms with E-state index in [1.165, 1.54) is 6.07 Å². The smallest absolute Gasteiger partial charge is 0.311 e. The molecule has 9 heteroatoms. The summed E-state index contributed by atoms with van der Waals surface area (Å²) < 4.78 is 12.9. The fraction of sp³-hybridized carbons (Fsp3) is 0.263. The molecule has 0 bridgehead atoms. The molecule has 0 saturated heterocycles. The third-order valence-corrected chi connectivity index (χ3v) is 4.00. The number of nitrogens with one attached hydrogen (secondary N) is 1. The SMILES string of the molecule is Cc1ccc(OCc2ccc(C(=O)NCCCn3ccnc3)o2)c([N+](=O)[O-])c1. The normalized spacial score (nSPS) is 10.6. The van der Waals surface area contributed by atoms with Crippen LogP contribution in [0.2, 0.25) is 0 Å². The van der Waals surface area contributed by atoms with Crippen molar-refractivity contribution in [2.24, 2.45) is 0 Å². The van der Waals surface area contributed by atoms with Crippen molar-refractivity contribution < 1.29 is 18.9 Å². The van der Waals surface area contributed by atoms with Crippen LogP contribution in [0.15, 0.2) is 53.5 Å². The quantitative estimate of drug-likeness (QED) is 0.345. The maximum absolute atomic E-state index is 12.1. The minimum Gasteiger partial charge on any atom is -0.479 e. The van der Waals surface area contributed by atoms with Gasteiger partial charge in [0, 0.05) is 31.5 Å². The predicted octanol–water partition coefficient (Wildman–Crippen LogP) is 3.09. The van der Waals surface area contributed by atoms with Crippen LogP contribution in [0.25, 0.3) is 0 Å². The van der Waals surface area contributed by atoms with Crippen LogP contribution in [0.5, 0.6) is 5.75 Å². The standard InChI is InChI=1S/C19H20N4O5/c1-14-3-5-17(16(11-14)23(25)26)27-12-15-4-6-18(28-15)19(24)21-7-2-9-22-10-8-20-13-22/h3-6,8,10-11,13H,2,7,9,12H2,1H3,(H,21,24). The Labute approximate surface area is 161 Å². The number of hydrogen-bond donors (Lipinski definition) is 1. The van der Waals surface area contributed by atoms with Gasteiger partial charge in [-0.2, -0.15) is 0 Å². The molecule has 0 spiro atoms. The first-order chi connectivity index (χ1) is 13.5. The number of carbonyl (C=O) groups excluding carboxylic acids is 1. The lowest BCUT2D eigenvalue weighted by molar-refractivity contribution is -0.386. The van der Waals surface area contributed by atoms with E-state index in [9.17, 15) is 14.9 Å². The maximum atomic E-state index is 12.1. The van der Waals surface area contributed by atoms with Crippen molar-refractivity contribution in [3.63, 3.8) is 0 Å². The van der Waals surface area contributed by atoms with Crippen LogP contribution >= 0.6 is 0 Å². The van der Waals surface area contributed by atoms with Gasteiger partial charge in [-0.3, -0.25) is 14.9 Å². The molecular formula is C19H20N4O5. The zero-order valence-electron chi connectivity index (χ0n) is 15.3. The third kappa shape index (κ3) is 4.97. The van der Waals surface area contributed by atoms with Gasteiger partial charge in [-0.15, -0.1) is 0 Å². The molecule has 1 amide bonds. The van der Waals surface area contributed by atoms with Crippen LogP contribution in [0.1, 0.15) is 28.3 Å². The van der Waals surface area contributed by atoms with Crippen molar-refractivity contribution in [3.8, 4) is 5.75 Å². The summed E-state index contributed by atoms with van der Waals surface area (Å²) in [5, 5.41) is 13.9. The molecule has 0 aliphatic heterocycles. The fourth-order valence-corrected chi connectivity index (χ4v) is 2.59. The molecule has 0 saturated carbocycles. The summed E-state index contributed by atoms with van der Waals surface area (Å²) in [7, 11) is 0. The van der Waals surface area contributed by atoms with Gasteiger partial charge < -0.3 is 19.0 Å². The Bertz CT molecular complexity index is 949. The van der Waals surface area contributed by atoms with E-state index in [1.807, 2.05) is 10.8 Å². The Morgan fingerprint density at radius 2 is 2.21 bits per heavy atom. The maximum Gasteiger partial charge on any atom is 0.311 e. The summed E-state index contributed by atoms with van der Waals surface area (Å²) in [5.74, 6) is 0.397. The van der Waals surface area contributed by atoms with Crippen molar-refractivity contribution in [1.82, 2.24) is 14.9 Å². The molecule has 0 aliphatic carbocycles. The van der Waals surface area contributed by atoms with Gasteiger partial charge in [-0.1, -0.05) is 6.07 Å². The van der Waals surface area contributed by atoms with Gasteiger partial charge in [0.05, 0.1) is 11.3 Å². The van der Waals surface area contributed by atoms with Crippen LogP contribution in [0, 0.1) is 17.0 Å². The molecule has 0 unspecified atom stereocenters. The number of nitro benzene ring substituents is 1. The number of furan rings is 1. The van der Waals surface area contributed by atoms with Crippen molar-refractivity contribution in [1.29, 1.82) is 0 Å². The first kappa shape index (κ1) is 19.2. The molecular weight excluding hydrogens is 364 g/mol. The molecule has 0 radical (unpaired) electrons. The average Bonchev–Trinajstić information content (AvgIpc) is 3.36. The Hall–Kier alpha value is -3.62. The second kappa shape index (κ2) is 8.85. The summed E-state index contributed by atoms with van der Waals surface area (Å²) in [6.45, 7) is 3.01. The van der Waals surface area contributed by atoms with E-state index in [2.05, 4.69) is 10.3 Å². The molecule has 1 aromatic carbocycles. The topological polar surface area (TPSA) is 112 Å². The summed E-state index contributed by atoms with van der Waals surface area (Å²) >= 11 is 0. The highest BCUT2D eigenvalue weighted by molar-refractivity contribution is 5.91. The molecule has 2 heterocycles. The number of nitro groups is 1. The Balaban J connectivity index is 1.50. The fourth-order valence-electron chi connectivity index (χ4n) is 2.59. The Kier molecular flexibility index (Phi) is 6.05. The van der Waals surface area contributed by atoms with E-state index in [-0.39, 0.29) is 29.7 Å². The van der Waals surface area contributed by atoms with Crippen LogP contribution in [-0.4, -0.2) is 26.9 Å². The van der Waals surface area contributed by atoms with Crippen LogP contribution < -0.4 is 10.1 Å². The van der Waals surface area contributed by atoms with E-state index < -0.39 is 4.92 Å². The van der Waals surface area contributed by atoms with E-state index >= 15 is 0 Å². The van der Waals surface area contributed by atoms with Crippen molar-refractivity contribution >= 4 is 11.6 Å². The van der Waals surface area contributed by atoms with Gasteiger partial charge in [-0.25, -0.2) is 4.98 Å². The Morgan fingerprint density at radius 1 is 1.36 bits per heavy atom. The zero-order valence-corrected chi connectivity index (χ0v) is 15.3. The lowest BCUT2D eigenvalue weighted by Gasteiger charge is -2.06. The minimum atomic E-state index is -0.493. The molecule has 2 aromatic heterocycles. The first-order valence-electron chi connectivity index (χ1n) is 8.73. The highest BCUT2D eigenvalue weighted by Gasteiger charge is 2.16.